The van der Waals surface area contributed by atoms with Crippen molar-refractivity contribution in [2.75, 3.05) is 18.0 Å². The third kappa shape index (κ3) is 2.30. The van der Waals surface area contributed by atoms with Gasteiger partial charge in [0.15, 0.2) is 0 Å². The zero-order valence-electron chi connectivity index (χ0n) is 9.73. The molecule has 1 saturated heterocycles. The third-order valence-corrected chi connectivity index (χ3v) is 2.99. The van der Waals surface area contributed by atoms with Gasteiger partial charge in [-0.25, -0.2) is 0 Å². The molecule has 1 fully saturated rings. The Balaban J connectivity index is 2.03. The van der Waals surface area contributed by atoms with Crippen molar-refractivity contribution < 1.29 is 4.52 Å². The van der Waals surface area contributed by atoms with E-state index in [-0.39, 0.29) is 0 Å². The molecule has 2 rings (SSSR count). The summed E-state index contributed by atoms with van der Waals surface area (Å²) in [4.78, 5) is 6.62. The summed E-state index contributed by atoms with van der Waals surface area (Å²) in [6.07, 6.45) is 2.46. The van der Waals surface area contributed by atoms with Crippen LogP contribution in [-0.4, -0.2) is 23.2 Å². The fourth-order valence-corrected chi connectivity index (χ4v) is 1.80. The summed E-state index contributed by atoms with van der Waals surface area (Å²) in [7, 11) is 0. The van der Waals surface area contributed by atoms with Crippen molar-refractivity contribution in [3.05, 3.63) is 5.89 Å². The number of rotatable bonds is 2. The van der Waals surface area contributed by atoms with Gasteiger partial charge >= 0.3 is 0 Å². The Hall–Kier alpha value is -1.06. The van der Waals surface area contributed by atoms with Crippen molar-refractivity contribution in [1.29, 1.82) is 0 Å². The monoisotopic (exact) mass is 209 g/mol. The second kappa shape index (κ2) is 4.21. The number of anilines is 1. The Morgan fingerprint density at radius 2 is 2.00 bits per heavy atom. The first-order valence-electron chi connectivity index (χ1n) is 5.75. The Bertz CT molecular complexity index is 313. The number of hydrogen-bond donors (Lipinski definition) is 0. The van der Waals surface area contributed by atoms with Crippen molar-refractivity contribution in [3.8, 4) is 0 Å². The molecule has 1 aromatic rings. The molecule has 0 saturated carbocycles. The van der Waals surface area contributed by atoms with Gasteiger partial charge in [-0.05, 0) is 23.9 Å². The van der Waals surface area contributed by atoms with Gasteiger partial charge in [-0.3, -0.25) is 0 Å². The summed E-state index contributed by atoms with van der Waals surface area (Å²) >= 11 is 0. The lowest BCUT2D eigenvalue weighted by Gasteiger charge is -2.28. The van der Waals surface area contributed by atoms with Crippen LogP contribution in [0.1, 0.15) is 45.4 Å². The molecule has 15 heavy (non-hydrogen) atoms. The normalized spacial score (nSPS) is 18.8. The Morgan fingerprint density at radius 1 is 1.33 bits per heavy atom. The van der Waals surface area contributed by atoms with Gasteiger partial charge in [-0.2, -0.15) is 4.98 Å². The average Bonchev–Trinajstić information content (AvgIpc) is 2.68. The molecule has 0 spiro atoms. The number of nitrogens with zero attached hydrogens (tertiary/aromatic N) is 3. The Labute approximate surface area is 90.7 Å². The first-order valence-corrected chi connectivity index (χ1v) is 5.75. The minimum absolute atomic E-state index is 0.315. The van der Waals surface area contributed by atoms with Crippen LogP contribution in [0.3, 0.4) is 0 Å². The van der Waals surface area contributed by atoms with Gasteiger partial charge in [0.1, 0.15) is 0 Å². The van der Waals surface area contributed by atoms with E-state index in [0.29, 0.717) is 5.92 Å². The van der Waals surface area contributed by atoms with E-state index in [1.807, 2.05) is 0 Å². The van der Waals surface area contributed by atoms with Crippen LogP contribution >= 0.6 is 0 Å². The molecule has 84 valence electrons. The van der Waals surface area contributed by atoms with Crippen molar-refractivity contribution >= 4 is 5.95 Å². The van der Waals surface area contributed by atoms with E-state index < -0.39 is 0 Å². The zero-order chi connectivity index (χ0) is 10.8. The maximum absolute atomic E-state index is 5.20. The van der Waals surface area contributed by atoms with E-state index in [1.54, 1.807) is 0 Å². The number of aromatic nitrogens is 2. The molecule has 2 heterocycles. The highest BCUT2D eigenvalue weighted by Gasteiger charge is 2.20. The van der Waals surface area contributed by atoms with Crippen molar-refractivity contribution in [3.63, 3.8) is 0 Å². The van der Waals surface area contributed by atoms with E-state index in [9.17, 15) is 0 Å². The molecular weight excluding hydrogens is 190 g/mol. The van der Waals surface area contributed by atoms with Crippen LogP contribution < -0.4 is 4.90 Å². The summed E-state index contributed by atoms with van der Waals surface area (Å²) in [6, 6.07) is 0. The number of hydrogen-bond acceptors (Lipinski definition) is 4. The van der Waals surface area contributed by atoms with Crippen LogP contribution in [0.25, 0.3) is 0 Å². The van der Waals surface area contributed by atoms with E-state index >= 15 is 0 Å². The van der Waals surface area contributed by atoms with Crippen LogP contribution in [0.2, 0.25) is 0 Å². The molecule has 0 atom stereocenters. The molecule has 0 amide bonds. The summed E-state index contributed by atoms with van der Waals surface area (Å²) in [5, 5.41) is 4.03. The second-order valence-electron chi connectivity index (χ2n) is 4.76. The molecule has 0 aromatic carbocycles. The quantitative estimate of drug-likeness (QED) is 0.750. The van der Waals surface area contributed by atoms with Crippen molar-refractivity contribution in [2.24, 2.45) is 5.92 Å². The molecule has 4 heteroatoms. The van der Waals surface area contributed by atoms with Crippen LogP contribution in [-0.2, 0) is 0 Å². The van der Waals surface area contributed by atoms with Crippen LogP contribution in [0.4, 0.5) is 5.95 Å². The molecular formula is C11H19N3O. The molecule has 0 radical (unpaired) electrons. The van der Waals surface area contributed by atoms with Gasteiger partial charge in [0.05, 0.1) is 0 Å². The highest BCUT2D eigenvalue weighted by Crippen LogP contribution is 2.22. The fourth-order valence-electron chi connectivity index (χ4n) is 1.80. The minimum atomic E-state index is 0.315. The lowest BCUT2D eigenvalue weighted by molar-refractivity contribution is 0.361. The lowest BCUT2D eigenvalue weighted by atomic mass is 10.00. The molecule has 1 aromatic heterocycles. The predicted octanol–water partition coefficient (Wildman–Crippen LogP) is 2.43. The third-order valence-electron chi connectivity index (χ3n) is 2.99. The summed E-state index contributed by atoms with van der Waals surface area (Å²) in [5.41, 5.74) is 0. The second-order valence-corrected chi connectivity index (χ2v) is 4.76. The summed E-state index contributed by atoms with van der Waals surface area (Å²) in [6.45, 7) is 8.54. The van der Waals surface area contributed by atoms with Gasteiger partial charge in [0.2, 0.25) is 5.89 Å². The van der Waals surface area contributed by atoms with E-state index in [0.717, 1.165) is 30.8 Å². The first-order chi connectivity index (χ1) is 7.16. The van der Waals surface area contributed by atoms with Gasteiger partial charge in [0, 0.05) is 19.0 Å². The topological polar surface area (TPSA) is 42.2 Å². The van der Waals surface area contributed by atoms with Gasteiger partial charge in [-0.15, -0.1) is 0 Å². The van der Waals surface area contributed by atoms with Crippen LogP contribution in [0, 0.1) is 5.92 Å². The molecule has 0 unspecified atom stereocenters. The predicted molar refractivity (Wildman–Crippen MR) is 59.0 cm³/mol. The number of piperidine rings is 1. The standard InChI is InChI=1S/C11H19N3O/c1-8(2)10-12-11(13-15-10)14-6-4-9(3)5-7-14/h8-9H,4-7H2,1-3H3. The molecule has 0 bridgehead atoms. The molecule has 4 nitrogen and oxygen atoms in total. The minimum Gasteiger partial charge on any atom is -0.338 e. The molecule has 1 aliphatic rings. The van der Waals surface area contributed by atoms with Crippen LogP contribution in [0.5, 0.6) is 0 Å². The van der Waals surface area contributed by atoms with Crippen LogP contribution in [0.15, 0.2) is 4.52 Å². The van der Waals surface area contributed by atoms with Gasteiger partial charge in [-0.1, -0.05) is 20.8 Å². The lowest BCUT2D eigenvalue weighted by Crippen LogP contribution is -2.33. The highest BCUT2D eigenvalue weighted by molar-refractivity contribution is 5.28. The maximum atomic E-state index is 5.20. The molecule has 0 N–H and O–H groups in total. The van der Waals surface area contributed by atoms with E-state index in [2.05, 4.69) is 35.8 Å². The smallest absolute Gasteiger partial charge is 0.266 e. The SMILES string of the molecule is CC1CCN(c2noc(C(C)C)n2)CC1. The largest absolute Gasteiger partial charge is 0.338 e. The summed E-state index contributed by atoms with van der Waals surface area (Å²) in [5.74, 6) is 2.65. The maximum Gasteiger partial charge on any atom is 0.266 e. The fraction of sp³-hybridized carbons (Fsp3) is 0.818. The zero-order valence-corrected chi connectivity index (χ0v) is 9.73. The van der Waals surface area contributed by atoms with Gasteiger partial charge in [0.25, 0.3) is 5.95 Å². The average molecular weight is 209 g/mol. The van der Waals surface area contributed by atoms with E-state index in [4.69, 9.17) is 4.52 Å². The molecule has 0 aliphatic carbocycles. The van der Waals surface area contributed by atoms with Crippen molar-refractivity contribution in [2.45, 2.75) is 39.5 Å². The first kappa shape index (κ1) is 10.5. The Morgan fingerprint density at radius 3 is 2.53 bits per heavy atom. The Kier molecular flexibility index (Phi) is 2.93. The summed E-state index contributed by atoms with van der Waals surface area (Å²) < 4.78 is 5.20. The van der Waals surface area contributed by atoms with Crippen molar-refractivity contribution in [1.82, 2.24) is 10.1 Å². The molecule has 1 aliphatic heterocycles. The van der Waals surface area contributed by atoms with Gasteiger partial charge < -0.3 is 9.42 Å². The van der Waals surface area contributed by atoms with E-state index in [1.165, 1.54) is 12.8 Å². The highest BCUT2D eigenvalue weighted by atomic mass is 16.5.